The molecule has 3 heterocycles. The van der Waals surface area contributed by atoms with Gasteiger partial charge in [0.25, 0.3) is 0 Å². The lowest BCUT2D eigenvalue weighted by Gasteiger charge is -2.46. The quantitative estimate of drug-likeness (QED) is 0.435. The molecule has 0 radical (unpaired) electrons. The lowest BCUT2D eigenvalue weighted by Crippen LogP contribution is -2.52. The largest absolute Gasteiger partial charge is 0.345 e. The van der Waals surface area contributed by atoms with E-state index in [1.165, 1.54) is 33.6 Å². The topological polar surface area (TPSA) is 19.4 Å². The average Bonchev–Trinajstić information content (AvgIpc) is 3.09. The average molecular weight is 410 g/mol. The van der Waals surface area contributed by atoms with Crippen molar-refractivity contribution in [3.05, 3.63) is 83.9 Å². The van der Waals surface area contributed by atoms with Crippen molar-refractivity contribution in [1.82, 2.24) is 4.98 Å². The van der Waals surface area contributed by atoms with Crippen LogP contribution in [0.5, 0.6) is 0 Å². The van der Waals surface area contributed by atoms with E-state index >= 15 is 0 Å². The predicted octanol–water partition coefficient (Wildman–Crippen LogP) is 6.98. The Bertz CT molecular complexity index is 1140. The lowest BCUT2D eigenvalue weighted by molar-refractivity contribution is 0.377. The Hall–Kier alpha value is -3.07. The predicted molar refractivity (Wildman–Crippen MR) is 131 cm³/mol. The van der Waals surface area contributed by atoms with Crippen molar-refractivity contribution in [3.63, 3.8) is 0 Å². The molecule has 2 aliphatic heterocycles. The van der Waals surface area contributed by atoms with Crippen LogP contribution in [0.3, 0.4) is 0 Å². The summed E-state index contributed by atoms with van der Waals surface area (Å²) >= 11 is 0. The fraction of sp³-hybridized carbons (Fsp3) is 0.321. The minimum Gasteiger partial charge on any atom is -0.345 e. The summed E-state index contributed by atoms with van der Waals surface area (Å²) in [5.41, 5.74) is 8.65. The molecule has 0 amide bonds. The van der Waals surface area contributed by atoms with Gasteiger partial charge < -0.3 is 9.80 Å². The summed E-state index contributed by atoms with van der Waals surface area (Å²) in [6.07, 6.45) is 2.35. The number of nitrogens with zero attached hydrogens (tertiary/aromatic N) is 3. The van der Waals surface area contributed by atoms with Crippen LogP contribution in [0.1, 0.15) is 43.4 Å². The molecule has 0 bridgehead atoms. The number of hydrogen-bond donors (Lipinski definition) is 0. The molecule has 3 heteroatoms. The first kappa shape index (κ1) is 19.9. The number of aryl methyl sites for hydroxylation is 2. The molecule has 0 spiro atoms. The maximum absolute atomic E-state index is 5.30. The summed E-state index contributed by atoms with van der Waals surface area (Å²) in [5, 5.41) is 0. The van der Waals surface area contributed by atoms with E-state index in [0.717, 1.165) is 11.5 Å². The van der Waals surface area contributed by atoms with Gasteiger partial charge in [0.1, 0.15) is 6.17 Å². The first-order chi connectivity index (χ1) is 14.9. The number of fused-ring (bicyclic) bond motifs is 5. The number of hydrogen-bond acceptors (Lipinski definition) is 3. The molecule has 0 aliphatic carbocycles. The van der Waals surface area contributed by atoms with Crippen LogP contribution in [0, 0.1) is 19.8 Å². The van der Waals surface area contributed by atoms with Crippen molar-refractivity contribution < 1.29 is 0 Å². The number of allylic oxidation sites excluding steroid dienone is 1. The Kier molecular flexibility index (Phi) is 4.65. The van der Waals surface area contributed by atoms with Gasteiger partial charge in [0, 0.05) is 29.1 Å². The summed E-state index contributed by atoms with van der Waals surface area (Å²) in [5.74, 6) is 1.79. The fourth-order valence-corrected chi connectivity index (χ4v) is 5.70. The first-order valence-corrected chi connectivity index (χ1v) is 11.3. The van der Waals surface area contributed by atoms with Gasteiger partial charge in [-0.3, -0.25) is 0 Å². The van der Waals surface area contributed by atoms with E-state index in [1.54, 1.807) is 0 Å². The van der Waals surface area contributed by atoms with Gasteiger partial charge in [0.05, 0.1) is 11.4 Å². The molecular weight excluding hydrogens is 378 g/mol. The zero-order valence-corrected chi connectivity index (χ0v) is 19.1. The van der Waals surface area contributed by atoms with Crippen LogP contribution < -0.4 is 9.80 Å². The summed E-state index contributed by atoms with van der Waals surface area (Å²) < 4.78 is 0. The summed E-state index contributed by atoms with van der Waals surface area (Å²) in [6, 6.07) is 20.1. The monoisotopic (exact) mass is 409 g/mol. The Morgan fingerprint density at radius 2 is 1.65 bits per heavy atom. The van der Waals surface area contributed by atoms with E-state index in [-0.39, 0.29) is 6.17 Å². The van der Waals surface area contributed by atoms with Gasteiger partial charge in [-0.05, 0) is 62.6 Å². The van der Waals surface area contributed by atoms with Crippen molar-refractivity contribution in [1.29, 1.82) is 0 Å². The number of rotatable bonds is 3. The van der Waals surface area contributed by atoms with Crippen LogP contribution >= 0.6 is 0 Å². The maximum Gasteiger partial charge on any atom is 0.159 e. The minimum absolute atomic E-state index is 0.230. The second kappa shape index (κ2) is 7.26. The van der Waals surface area contributed by atoms with Crippen LogP contribution in [-0.4, -0.2) is 17.2 Å². The second-order valence-electron chi connectivity index (χ2n) is 9.27. The van der Waals surface area contributed by atoms with Crippen molar-refractivity contribution >= 4 is 17.2 Å². The number of benzene rings is 2. The molecule has 3 aromatic rings. The van der Waals surface area contributed by atoms with Gasteiger partial charge in [-0.25, -0.2) is 4.98 Å². The molecule has 3 unspecified atom stereocenters. The van der Waals surface area contributed by atoms with Gasteiger partial charge >= 0.3 is 0 Å². The van der Waals surface area contributed by atoms with E-state index in [2.05, 4.69) is 112 Å². The Labute approximate surface area is 186 Å². The Balaban J connectivity index is 1.76. The van der Waals surface area contributed by atoms with Crippen LogP contribution in [0.15, 0.2) is 67.3 Å². The summed E-state index contributed by atoms with van der Waals surface area (Å²) in [6.45, 7) is 15.5. The van der Waals surface area contributed by atoms with Crippen LogP contribution in [0.2, 0.25) is 0 Å². The zero-order valence-electron chi connectivity index (χ0n) is 19.1. The minimum atomic E-state index is 0.230. The molecule has 5 rings (SSSR count). The van der Waals surface area contributed by atoms with E-state index in [0.29, 0.717) is 17.9 Å². The van der Waals surface area contributed by atoms with Crippen molar-refractivity contribution in [3.8, 4) is 11.3 Å². The number of aromatic nitrogens is 1. The van der Waals surface area contributed by atoms with E-state index in [4.69, 9.17) is 4.98 Å². The highest BCUT2D eigenvalue weighted by Gasteiger charge is 2.48. The SMILES string of the molecule is C=CC1c2ccccc2N2c3nc(-c4c(C)cccc4C)ccc3N(C(C)C)C2C1C. The molecule has 1 aromatic heterocycles. The summed E-state index contributed by atoms with van der Waals surface area (Å²) in [7, 11) is 0. The fourth-order valence-electron chi connectivity index (χ4n) is 5.70. The third-order valence-corrected chi connectivity index (χ3v) is 7.05. The molecule has 0 saturated heterocycles. The van der Waals surface area contributed by atoms with Gasteiger partial charge in [-0.15, -0.1) is 6.58 Å². The molecule has 31 heavy (non-hydrogen) atoms. The molecule has 3 nitrogen and oxygen atoms in total. The highest BCUT2D eigenvalue weighted by molar-refractivity contribution is 5.86. The molecule has 0 N–H and O–H groups in total. The molecular formula is C28H31N3. The van der Waals surface area contributed by atoms with Crippen molar-refractivity contribution in [2.75, 3.05) is 9.80 Å². The van der Waals surface area contributed by atoms with E-state index in [1.807, 2.05) is 0 Å². The zero-order chi connectivity index (χ0) is 21.9. The number of anilines is 3. The standard InChI is InChI=1S/C28H31N3/c1-7-21-20(6)28-30(17(2)3)25-16-15-23(26-18(4)11-10-12-19(26)5)29-27(25)31(28)24-14-9-8-13-22(21)24/h7-17,20-21,28H,1H2,2-6H3. The van der Waals surface area contributed by atoms with Gasteiger partial charge in [0.2, 0.25) is 0 Å². The van der Waals surface area contributed by atoms with Gasteiger partial charge in [-0.2, -0.15) is 0 Å². The lowest BCUT2D eigenvalue weighted by atomic mass is 9.80. The number of pyridine rings is 1. The molecule has 0 fully saturated rings. The molecule has 2 aromatic carbocycles. The molecule has 0 saturated carbocycles. The van der Waals surface area contributed by atoms with Crippen LogP contribution in [0.4, 0.5) is 17.2 Å². The summed E-state index contributed by atoms with van der Waals surface area (Å²) in [4.78, 5) is 10.3. The van der Waals surface area contributed by atoms with Crippen LogP contribution in [0.25, 0.3) is 11.3 Å². The third kappa shape index (κ3) is 2.83. The normalized spacial score (nSPS) is 21.7. The second-order valence-corrected chi connectivity index (χ2v) is 9.27. The highest BCUT2D eigenvalue weighted by Crippen LogP contribution is 2.54. The van der Waals surface area contributed by atoms with Crippen molar-refractivity contribution in [2.24, 2.45) is 5.92 Å². The maximum atomic E-state index is 5.30. The van der Waals surface area contributed by atoms with Crippen molar-refractivity contribution in [2.45, 2.75) is 52.7 Å². The Morgan fingerprint density at radius 3 is 2.32 bits per heavy atom. The number of para-hydroxylation sites is 1. The van der Waals surface area contributed by atoms with Gasteiger partial charge in [-0.1, -0.05) is 49.4 Å². The van der Waals surface area contributed by atoms with E-state index < -0.39 is 0 Å². The first-order valence-electron chi connectivity index (χ1n) is 11.3. The molecule has 158 valence electrons. The van der Waals surface area contributed by atoms with Gasteiger partial charge in [0.15, 0.2) is 5.82 Å². The molecule has 2 aliphatic rings. The highest BCUT2D eigenvalue weighted by atomic mass is 15.5. The smallest absolute Gasteiger partial charge is 0.159 e. The van der Waals surface area contributed by atoms with E-state index in [9.17, 15) is 0 Å². The van der Waals surface area contributed by atoms with Crippen LogP contribution in [-0.2, 0) is 0 Å². The Morgan fingerprint density at radius 1 is 0.935 bits per heavy atom. The third-order valence-electron chi connectivity index (χ3n) is 7.05. The molecule has 3 atom stereocenters.